The summed E-state index contributed by atoms with van der Waals surface area (Å²) in [6, 6.07) is 17.3. The van der Waals surface area contributed by atoms with Gasteiger partial charge in [0.25, 0.3) is 5.91 Å². The molecule has 0 bridgehead atoms. The van der Waals surface area contributed by atoms with Gasteiger partial charge in [-0.1, -0.05) is 18.2 Å². The van der Waals surface area contributed by atoms with Crippen LogP contribution in [0.3, 0.4) is 0 Å². The molecule has 1 amide bonds. The van der Waals surface area contributed by atoms with Crippen LogP contribution in [0.1, 0.15) is 10.5 Å². The Balaban J connectivity index is 1.86. The van der Waals surface area contributed by atoms with Crippen molar-refractivity contribution in [2.75, 3.05) is 5.32 Å². The molecule has 21 heavy (non-hydrogen) atoms. The van der Waals surface area contributed by atoms with Gasteiger partial charge in [0.05, 0.1) is 12.5 Å². The zero-order chi connectivity index (χ0) is 14.7. The normalized spacial score (nSPS) is 10.3. The highest BCUT2D eigenvalue weighted by atomic mass is 127. The van der Waals surface area contributed by atoms with E-state index in [2.05, 4.69) is 32.9 Å². The Bertz CT molecular complexity index is 751. The number of carbonyl (C=O) groups is 1. The molecule has 3 rings (SSSR count). The number of para-hydroxylation sites is 1. The fourth-order valence-electron chi connectivity index (χ4n) is 1.99. The van der Waals surface area contributed by atoms with Crippen LogP contribution in [-0.2, 0) is 0 Å². The number of hydrogen-bond acceptors (Lipinski definition) is 2. The Morgan fingerprint density at radius 1 is 1.05 bits per heavy atom. The number of carbonyl (C=O) groups excluding carboxylic acids is 1. The van der Waals surface area contributed by atoms with Crippen LogP contribution in [0.2, 0.25) is 0 Å². The standard InChI is InChI=1S/C16H12IN3O/c17-12-6-8-13(9-7-12)19-16(21)15-10-18-11-20(15)14-4-2-1-3-5-14/h1-11H,(H,19,21). The predicted octanol–water partition coefficient (Wildman–Crippen LogP) is 3.73. The molecule has 0 spiro atoms. The SMILES string of the molecule is O=C(Nc1ccc(I)cc1)c1cncn1-c1ccccc1. The molecule has 1 aromatic heterocycles. The van der Waals surface area contributed by atoms with Crippen molar-refractivity contribution < 1.29 is 4.79 Å². The molecule has 3 aromatic rings. The largest absolute Gasteiger partial charge is 0.321 e. The molecule has 5 heteroatoms. The molecule has 0 aliphatic carbocycles. The summed E-state index contributed by atoms with van der Waals surface area (Å²) in [6.07, 6.45) is 3.20. The third kappa shape index (κ3) is 3.13. The van der Waals surface area contributed by atoms with Crippen molar-refractivity contribution >= 4 is 34.2 Å². The highest BCUT2D eigenvalue weighted by Crippen LogP contribution is 2.15. The van der Waals surface area contributed by atoms with Crippen molar-refractivity contribution in [1.82, 2.24) is 9.55 Å². The Morgan fingerprint density at radius 2 is 1.76 bits per heavy atom. The third-order valence-corrected chi connectivity index (χ3v) is 3.73. The molecule has 0 aliphatic rings. The minimum atomic E-state index is -0.183. The van der Waals surface area contributed by atoms with Gasteiger partial charge in [-0.3, -0.25) is 9.36 Å². The lowest BCUT2D eigenvalue weighted by Gasteiger charge is -2.09. The van der Waals surface area contributed by atoms with E-state index in [1.54, 1.807) is 17.1 Å². The summed E-state index contributed by atoms with van der Waals surface area (Å²) in [5.41, 5.74) is 2.17. The Hall–Kier alpha value is -2.15. The second-order valence-electron chi connectivity index (χ2n) is 4.45. The quantitative estimate of drug-likeness (QED) is 0.694. The topological polar surface area (TPSA) is 46.9 Å². The van der Waals surface area contributed by atoms with Gasteiger partial charge >= 0.3 is 0 Å². The van der Waals surface area contributed by atoms with E-state index in [0.29, 0.717) is 5.69 Å². The van der Waals surface area contributed by atoms with E-state index in [4.69, 9.17) is 0 Å². The molecular formula is C16H12IN3O. The first-order valence-corrected chi connectivity index (χ1v) is 7.46. The summed E-state index contributed by atoms with van der Waals surface area (Å²) in [5.74, 6) is -0.183. The van der Waals surface area contributed by atoms with Gasteiger partial charge in [0.1, 0.15) is 5.69 Å². The van der Waals surface area contributed by atoms with E-state index in [9.17, 15) is 4.79 Å². The maximum atomic E-state index is 12.4. The first-order chi connectivity index (χ1) is 10.2. The van der Waals surface area contributed by atoms with Gasteiger partial charge in [-0.15, -0.1) is 0 Å². The summed E-state index contributed by atoms with van der Waals surface area (Å²) in [7, 11) is 0. The highest BCUT2D eigenvalue weighted by Gasteiger charge is 2.13. The van der Waals surface area contributed by atoms with E-state index in [0.717, 1.165) is 14.9 Å². The maximum absolute atomic E-state index is 12.4. The Morgan fingerprint density at radius 3 is 2.48 bits per heavy atom. The number of halogens is 1. The number of nitrogens with zero attached hydrogens (tertiary/aromatic N) is 2. The van der Waals surface area contributed by atoms with Gasteiger partial charge in [0.2, 0.25) is 0 Å². The summed E-state index contributed by atoms with van der Waals surface area (Å²) >= 11 is 2.23. The van der Waals surface area contributed by atoms with Crippen LogP contribution in [0.25, 0.3) is 5.69 Å². The summed E-state index contributed by atoms with van der Waals surface area (Å²) in [6.45, 7) is 0. The molecule has 0 fully saturated rings. The monoisotopic (exact) mass is 389 g/mol. The highest BCUT2D eigenvalue weighted by molar-refractivity contribution is 14.1. The van der Waals surface area contributed by atoms with E-state index in [1.807, 2.05) is 54.6 Å². The molecule has 1 N–H and O–H groups in total. The van der Waals surface area contributed by atoms with Crippen molar-refractivity contribution in [1.29, 1.82) is 0 Å². The number of benzene rings is 2. The van der Waals surface area contributed by atoms with Crippen molar-refractivity contribution in [3.05, 3.63) is 76.4 Å². The number of rotatable bonds is 3. The van der Waals surface area contributed by atoms with Crippen LogP contribution in [0, 0.1) is 3.57 Å². The van der Waals surface area contributed by atoms with Gasteiger partial charge in [-0.2, -0.15) is 0 Å². The second-order valence-corrected chi connectivity index (χ2v) is 5.69. The molecule has 4 nitrogen and oxygen atoms in total. The third-order valence-electron chi connectivity index (χ3n) is 3.01. The van der Waals surface area contributed by atoms with Crippen molar-refractivity contribution in [3.63, 3.8) is 0 Å². The average molecular weight is 389 g/mol. The molecule has 0 radical (unpaired) electrons. The zero-order valence-corrected chi connectivity index (χ0v) is 13.2. The fraction of sp³-hybridized carbons (Fsp3) is 0. The zero-order valence-electron chi connectivity index (χ0n) is 11.0. The van der Waals surface area contributed by atoms with Gasteiger partial charge < -0.3 is 5.32 Å². The van der Waals surface area contributed by atoms with E-state index in [-0.39, 0.29) is 5.91 Å². The molecule has 2 aromatic carbocycles. The molecule has 0 aliphatic heterocycles. The first-order valence-electron chi connectivity index (χ1n) is 6.39. The Kier molecular flexibility index (Phi) is 4.01. The predicted molar refractivity (Wildman–Crippen MR) is 90.7 cm³/mol. The lowest BCUT2D eigenvalue weighted by atomic mass is 10.3. The van der Waals surface area contributed by atoms with E-state index < -0.39 is 0 Å². The van der Waals surface area contributed by atoms with Crippen molar-refractivity contribution in [3.8, 4) is 5.69 Å². The van der Waals surface area contributed by atoms with Crippen LogP contribution >= 0.6 is 22.6 Å². The van der Waals surface area contributed by atoms with E-state index in [1.165, 1.54) is 0 Å². The van der Waals surface area contributed by atoms with Crippen molar-refractivity contribution in [2.45, 2.75) is 0 Å². The van der Waals surface area contributed by atoms with Gasteiger partial charge in [0.15, 0.2) is 0 Å². The Labute approximate surface area is 136 Å². The van der Waals surface area contributed by atoms with Gasteiger partial charge in [-0.25, -0.2) is 4.98 Å². The van der Waals surface area contributed by atoms with Gasteiger partial charge in [-0.05, 0) is 59.0 Å². The minimum absolute atomic E-state index is 0.183. The van der Waals surface area contributed by atoms with Crippen LogP contribution in [0.5, 0.6) is 0 Å². The number of aromatic nitrogens is 2. The molecule has 0 saturated carbocycles. The lowest BCUT2D eigenvalue weighted by Crippen LogP contribution is -2.16. The average Bonchev–Trinajstić information content (AvgIpc) is 3.00. The molecule has 0 unspecified atom stereocenters. The van der Waals surface area contributed by atoms with Gasteiger partial charge in [0, 0.05) is 14.9 Å². The first kappa shape index (κ1) is 13.8. The van der Waals surface area contributed by atoms with Crippen LogP contribution < -0.4 is 5.32 Å². The van der Waals surface area contributed by atoms with Crippen LogP contribution in [-0.4, -0.2) is 15.5 Å². The molecular weight excluding hydrogens is 377 g/mol. The molecule has 0 atom stereocenters. The number of amides is 1. The molecule has 1 heterocycles. The second kappa shape index (κ2) is 6.09. The maximum Gasteiger partial charge on any atom is 0.274 e. The van der Waals surface area contributed by atoms with Crippen LogP contribution in [0.4, 0.5) is 5.69 Å². The summed E-state index contributed by atoms with van der Waals surface area (Å²) < 4.78 is 2.89. The summed E-state index contributed by atoms with van der Waals surface area (Å²) in [5, 5.41) is 2.88. The lowest BCUT2D eigenvalue weighted by molar-refractivity contribution is 0.102. The smallest absolute Gasteiger partial charge is 0.274 e. The molecule has 104 valence electrons. The number of imidazole rings is 1. The van der Waals surface area contributed by atoms with Crippen LogP contribution in [0.15, 0.2) is 67.1 Å². The minimum Gasteiger partial charge on any atom is -0.321 e. The summed E-state index contributed by atoms with van der Waals surface area (Å²) in [4.78, 5) is 16.5. The van der Waals surface area contributed by atoms with Crippen molar-refractivity contribution in [2.24, 2.45) is 0 Å². The number of nitrogens with one attached hydrogen (secondary N) is 1. The number of anilines is 1. The van der Waals surface area contributed by atoms with E-state index >= 15 is 0 Å². The molecule has 0 saturated heterocycles. The number of hydrogen-bond donors (Lipinski definition) is 1. The fourth-order valence-corrected chi connectivity index (χ4v) is 2.35.